The van der Waals surface area contributed by atoms with E-state index >= 15 is 0 Å². The maximum absolute atomic E-state index is 4.70. The van der Waals surface area contributed by atoms with E-state index in [2.05, 4.69) is 75.4 Å². The summed E-state index contributed by atoms with van der Waals surface area (Å²) in [6.07, 6.45) is 1.99. The van der Waals surface area contributed by atoms with Gasteiger partial charge in [0.15, 0.2) is 0 Å². The molecule has 2 aromatic carbocycles. The molecule has 1 heterocycles. The Balaban J connectivity index is 2.28. The van der Waals surface area contributed by atoms with Gasteiger partial charge in [0, 0.05) is 0 Å². The monoisotopic (exact) mass is 365 g/mol. The van der Waals surface area contributed by atoms with E-state index in [0.717, 1.165) is 5.69 Å². The Kier molecular flexibility index (Phi) is 4.86. The molecule has 0 saturated carbocycles. The van der Waals surface area contributed by atoms with Gasteiger partial charge in [-0.1, -0.05) is 0 Å². The van der Waals surface area contributed by atoms with E-state index in [0.29, 0.717) is 0 Å². The first-order chi connectivity index (χ1) is 11.3. The van der Waals surface area contributed by atoms with Gasteiger partial charge in [0.05, 0.1) is 0 Å². The fraction of sp³-hybridized carbons (Fsp3) is 0.286. The quantitative estimate of drug-likeness (QED) is 0.536. The van der Waals surface area contributed by atoms with Crippen molar-refractivity contribution in [3.05, 3.63) is 60.8 Å². The van der Waals surface area contributed by atoms with Gasteiger partial charge in [-0.2, -0.15) is 0 Å². The van der Waals surface area contributed by atoms with Gasteiger partial charge in [-0.15, -0.1) is 0 Å². The van der Waals surface area contributed by atoms with Gasteiger partial charge in [0.2, 0.25) is 0 Å². The summed E-state index contributed by atoms with van der Waals surface area (Å²) < 4.78 is 1.66. The second-order valence-corrected chi connectivity index (χ2v) is 17.2. The molecule has 0 spiro atoms. The number of hydrogen-bond acceptors (Lipinski definition) is 1. The molecule has 0 amide bonds. The Bertz CT molecular complexity index is 783. The summed E-state index contributed by atoms with van der Waals surface area (Å²) in [7, 11) is 0. The molecule has 1 aromatic heterocycles. The summed E-state index contributed by atoms with van der Waals surface area (Å²) in [5.41, 5.74) is 2.32. The van der Waals surface area contributed by atoms with Crippen molar-refractivity contribution in [1.29, 1.82) is 0 Å². The molecule has 0 aliphatic carbocycles. The molecule has 0 radical (unpaired) electrons. The summed E-state index contributed by atoms with van der Waals surface area (Å²) in [5, 5.41) is 6.81. The van der Waals surface area contributed by atoms with Gasteiger partial charge in [-0.3, -0.25) is 0 Å². The molecule has 0 aliphatic rings. The topological polar surface area (TPSA) is 12.9 Å². The summed E-state index contributed by atoms with van der Waals surface area (Å²) in [6, 6.07) is 19.7. The van der Waals surface area contributed by atoms with E-state index in [1.807, 2.05) is 6.20 Å². The average molecular weight is 364 g/mol. The zero-order chi connectivity index (χ0) is 16.3. The number of benzene rings is 2. The fourth-order valence-corrected chi connectivity index (χ4v) is 12.0. The van der Waals surface area contributed by atoms with Crippen LogP contribution in [0.5, 0.6) is 0 Å². The van der Waals surface area contributed by atoms with Crippen LogP contribution in [0.25, 0.3) is 22.0 Å². The van der Waals surface area contributed by atoms with Crippen LogP contribution in [0.4, 0.5) is 0 Å². The molecular weight excluding hydrogens is 339 g/mol. The third-order valence-electron chi connectivity index (χ3n) is 5.45. The summed E-state index contributed by atoms with van der Waals surface area (Å²) in [5.74, 6) is 0. The molecule has 3 aromatic rings. The molecule has 118 valence electrons. The van der Waals surface area contributed by atoms with E-state index in [-0.39, 0.29) is 0 Å². The number of hydrogen-bond donors (Lipinski definition) is 0. The van der Waals surface area contributed by atoms with Gasteiger partial charge < -0.3 is 0 Å². The Hall–Kier alpha value is -1.61. The van der Waals surface area contributed by atoms with Crippen molar-refractivity contribution in [2.24, 2.45) is 0 Å². The van der Waals surface area contributed by atoms with Gasteiger partial charge in [0.1, 0.15) is 0 Å². The first kappa shape index (κ1) is 16.3. The van der Waals surface area contributed by atoms with E-state index < -0.39 is 13.3 Å². The molecule has 0 aliphatic heterocycles. The molecule has 0 N–H and O–H groups in total. The van der Waals surface area contributed by atoms with E-state index in [1.54, 1.807) is 4.40 Å². The van der Waals surface area contributed by atoms with E-state index in [9.17, 15) is 0 Å². The number of aromatic nitrogens is 1. The van der Waals surface area contributed by atoms with Crippen molar-refractivity contribution in [3.63, 3.8) is 0 Å². The van der Waals surface area contributed by atoms with Crippen LogP contribution in [0, 0.1) is 0 Å². The predicted molar refractivity (Wildman–Crippen MR) is 104 cm³/mol. The summed E-state index contributed by atoms with van der Waals surface area (Å²) in [6.45, 7) is 7.18. The summed E-state index contributed by atoms with van der Waals surface area (Å²) in [4.78, 5) is 4.70. The van der Waals surface area contributed by atoms with Crippen LogP contribution < -0.4 is 4.40 Å². The molecule has 0 atom stereocenters. The van der Waals surface area contributed by atoms with Gasteiger partial charge in [-0.05, 0) is 0 Å². The molecule has 3 rings (SSSR count). The molecular formula is C21H25GeN. The summed E-state index contributed by atoms with van der Waals surface area (Å²) >= 11 is -1.99. The minimum atomic E-state index is -1.99. The predicted octanol–water partition coefficient (Wildman–Crippen LogP) is 5.62. The van der Waals surface area contributed by atoms with Crippen molar-refractivity contribution in [3.8, 4) is 11.3 Å². The minimum absolute atomic E-state index is 1.12. The van der Waals surface area contributed by atoms with Crippen LogP contribution in [0.15, 0.2) is 60.8 Å². The van der Waals surface area contributed by atoms with Gasteiger partial charge in [-0.25, -0.2) is 0 Å². The molecule has 1 nitrogen and oxygen atoms in total. The SMILES string of the molecule is C[CH2][Ge]([CH2]C)([CH2]C)[c]1cccc2c(-c3ccccc3)nccc12. The number of fused-ring (bicyclic) bond motifs is 1. The van der Waals surface area contributed by atoms with Crippen molar-refractivity contribution >= 4 is 28.4 Å². The van der Waals surface area contributed by atoms with Crippen LogP contribution in [0.2, 0.25) is 15.8 Å². The van der Waals surface area contributed by atoms with E-state index in [4.69, 9.17) is 4.98 Å². The Morgan fingerprint density at radius 2 is 1.43 bits per heavy atom. The zero-order valence-corrected chi connectivity index (χ0v) is 16.4. The Morgan fingerprint density at radius 1 is 0.739 bits per heavy atom. The molecule has 23 heavy (non-hydrogen) atoms. The van der Waals surface area contributed by atoms with Crippen molar-refractivity contribution in [1.82, 2.24) is 4.98 Å². The zero-order valence-electron chi connectivity index (χ0n) is 14.3. The third kappa shape index (κ3) is 2.83. The first-order valence-electron chi connectivity index (χ1n) is 8.69. The van der Waals surface area contributed by atoms with Gasteiger partial charge >= 0.3 is 142 Å². The standard InChI is InChI=1S/C21H25GeN/c1-4-22(5-2,6-3)20-14-10-13-19-18(20)15-16-23-21(19)17-11-8-7-9-12-17/h7-16H,4-6H2,1-3H3. The van der Waals surface area contributed by atoms with Crippen molar-refractivity contribution in [2.75, 3.05) is 0 Å². The van der Waals surface area contributed by atoms with Crippen LogP contribution in [-0.4, -0.2) is 18.3 Å². The fourth-order valence-electron chi connectivity index (χ4n) is 3.82. The molecule has 2 heteroatoms. The van der Waals surface area contributed by atoms with Crippen LogP contribution in [-0.2, 0) is 0 Å². The molecule has 0 saturated heterocycles. The van der Waals surface area contributed by atoms with Crippen LogP contribution in [0.1, 0.15) is 20.8 Å². The van der Waals surface area contributed by atoms with Crippen LogP contribution >= 0.6 is 0 Å². The number of rotatable bonds is 5. The van der Waals surface area contributed by atoms with Crippen LogP contribution in [0.3, 0.4) is 0 Å². The number of pyridine rings is 1. The Morgan fingerprint density at radius 3 is 2.09 bits per heavy atom. The van der Waals surface area contributed by atoms with Crippen molar-refractivity contribution < 1.29 is 0 Å². The van der Waals surface area contributed by atoms with E-state index in [1.165, 1.54) is 32.1 Å². The van der Waals surface area contributed by atoms with Gasteiger partial charge in [0.25, 0.3) is 0 Å². The average Bonchev–Trinajstić information content (AvgIpc) is 2.64. The molecule has 0 unspecified atom stereocenters. The van der Waals surface area contributed by atoms with Crippen molar-refractivity contribution in [2.45, 2.75) is 36.5 Å². The second-order valence-electron chi connectivity index (χ2n) is 6.27. The maximum atomic E-state index is 4.70. The Labute approximate surface area is 142 Å². The third-order valence-corrected chi connectivity index (χ3v) is 17.3. The normalized spacial score (nSPS) is 11.8. The first-order valence-corrected chi connectivity index (χ1v) is 14.2. The number of nitrogens with zero attached hydrogens (tertiary/aromatic N) is 1. The molecule has 0 fully saturated rings. The second kappa shape index (κ2) is 6.88. The molecule has 0 bridgehead atoms.